The van der Waals surface area contributed by atoms with Gasteiger partial charge in [0, 0.05) is 18.6 Å². The quantitative estimate of drug-likeness (QED) is 0.670. The minimum Gasteiger partial charge on any atom is -0.326 e. The summed E-state index contributed by atoms with van der Waals surface area (Å²) in [6.45, 7) is 14.5. The van der Waals surface area contributed by atoms with Crippen molar-refractivity contribution in [1.29, 1.82) is 0 Å². The molecule has 0 rings (SSSR count). The van der Waals surface area contributed by atoms with E-state index in [9.17, 15) is 0 Å². The van der Waals surface area contributed by atoms with Gasteiger partial charge >= 0.3 is 0 Å². The molecule has 0 aromatic heterocycles. The third-order valence-electron chi connectivity index (χ3n) is 4.39. The van der Waals surface area contributed by atoms with Crippen LogP contribution in [0.4, 0.5) is 0 Å². The Kier molecular flexibility index (Phi) is 8.04. The second kappa shape index (κ2) is 8.08. The predicted octanol–water partition coefficient (Wildman–Crippen LogP) is 3.02. The molecule has 0 saturated carbocycles. The highest BCUT2D eigenvalue weighted by molar-refractivity contribution is 4.78. The van der Waals surface area contributed by atoms with Gasteiger partial charge in [0.15, 0.2) is 0 Å². The topological polar surface area (TPSA) is 38.0 Å². The number of hydrogen-bond donors (Lipinski definition) is 2. The van der Waals surface area contributed by atoms with E-state index in [1.54, 1.807) is 0 Å². The van der Waals surface area contributed by atoms with E-state index < -0.39 is 0 Å². The number of nitrogens with one attached hydrogen (secondary N) is 1. The molecular formula is C14H32N2. The largest absolute Gasteiger partial charge is 0.326 e. The molecule has 16 heavy (non-hydrogen) atoms. The van der Waals surface area contributed by atoms with Crippen LogP contribution in [0.15, 0.2) is 0 Å². The molecule has 0 heterocycles. The van der Waals surface area contributed by atoms with Crippen molar-refractivity contribution in [2.75, 3.05) is 6.54 Å². The number of hydrogen-bond acceptors (Lipinski definition) is 2. The average Bonchev–Trinajstić information content (AvgIpc) is 2.32. The van der Waals surface area contributed by atoms with E-state index in [0.29, 0.717) is 12.0 Å². The van der Waals surface area contributed by atoms with Crippen LogP contribution in [0.1, 0.15) is 54.4 Å². The Bertz CT molecular complexity index is 170. The third-order valence-corrected chi connectivity index (χ3v) is 4.39. The van der Waals surface area contributed by atoms with Crippen LogP contribution in [-0.2, 0) is 0 Å². The van der Waals surface area contributed by atoms with Gasteiger partial charge in [-0.15, -0.1) is 0 Å². The van der Waals surface area contributed by atoms with Gasteiger partial charge in [-0.3, -0.25) is 0 Å². The molecule has 0 aromatic rings. The van der Waals surface area contributed by atoms with E-state index in [4.69, 9.17) is 5.73 Å². The van der Waals surface area contributed by atoms with Crippen molar-refractivity contribution >= 4 is 0 Å². The lowest BCUT2D eigenvalue weighted by Crippen LogP contribution is -2.45. The van der Waals surface area contributed by atoms with Crippen LogP contribution in [0.2, 0.25) is 0 Å². The van der Waals surface area contributed by atoms with Crippen LogP contribution in [0.3, 0.4) is 0 Å². The molecule has 2 heteroatoms. The smallest absolute Gasteiger partial charge is 0.0193 e. The molecule has 0 aliphatic rings. The molecule has 98 valence electrons. The molecule has 0 bridgehead atoms. The SMILES string of the molecule is CCC(C)C(C)NCC(N)C(C)C(C)CC. The normalized spacial score (nSPS) is 21.2. The van der Waals surface area contributed by atoms with Gasteiger partial charge in [0.2, 0.25) is 0 Å². The Hall–Kier alpha value is -0.0800. The molecule has 5 unspecified atom stereocenters. The van der Waals surface area contributed by atoms with E-state index in [0.717, 1.165) is 18.4 Å². The summed E-state index contributed by atoms with van der Waals surface area (Å²) in [5.41, 5.74) is 6.22. The molecule has 5 atom stereocenters. The first-order chi connectivity index (χ1) is 7.43. The van der Waals surface area contributed by atoms with Crippen LogP contribution >= 0.6 is 0 Å². The fraction of sp³-hybridized carbons (Fsp3) is 1.00. The second-order valence-corrected chi connectivity index (χ2v) is 5.49. The van der Waals surface area contributed by atoms with Crippen LogP contribution < -0.4 is 11.1 Å². The summed E-state index contributed by atoms with van der Waals surface area (Å²) in [7, 11) is 0. The highest BCUT2D eigenvalue weighted by atomic mass is 14.9. The van der Waals surface area contributed by atoms with Gasteiger partial charge in [-0.2, -0.15) is 0 Å². The van der Waals surface area contributed by atoms with Gasteiger partial charge < -0.3 is 11.1 Å². The number of nitrogens with two attached hydrogens (primary N) is 1. The molecule has 0 aliphatic carbocycles. The fourth-order valence-electron chi connectivity index (χ4n) is 1.86. The molecular weight excluding hydrogens is 196 g/mol. The van der Waals surface area contributed by atoms with Gasteiger partial charge in [0.1, 0.15) is 0 Å². The summed E-state index contributed by atoms with van der Waals surface area (Å²) in [5, 5.41) is 3.57. The third kappa shape index (κ3) is 5.31. The molecule has 0 spiro atoms. The summed E-state index contributed by atoms with van der Waals surface area (Å²) < 4.78 is 0. The maximum atomic E-state index is 6.22. The molecule has 3 N–H and O–H groups in total. The molecule has 0 radical (unpaired) electrons. The Labute approximate surface area is 102 Å². The average molecular weight is 228 g/mol. The van der Waals surface area contributed by atoms with E-state index in [-0.39, 0.29) is 6.04 Å². The maximum Gasteiger partial charge on any atom is 0.0193 e. The van der Waals surface area contributed by atoms with Crippen molar-refractivity contribution in [2.45, 2.75) is 66.5 Å². The van der Waals surface area contributed by atoms with Crippen molar-refractivity contribution in [3.63, 3.8) is 0 Å². The van der Waals surface area contributed by atoms with Crippen molar-refractivity contribution in [2.24, 2.45) is 23.5 Å². The summed E-state index contributed by atoms with van der Waals surface area (Å²) in [6.07, 6.45) is 2.44. The lowest BCUT2D eigenvalue weighted by atomic mass is 9.87. The van der Waals surface area contributed by atoms with Crippen molar-refractivity contribution in [3.05, 3.63) is 0 Å². The minimum absolute atomic E-state index is 0.279. The molecule has 0 saturated heterocycles. The minimum atomic E-state index is 0.279. The Morgan fingerprint density at radius 1 is 0.938 bits per heavy atom. The van der Waals surface area contributed by atoms with Gasteiger partial charge in [-0.25, -0.2) is 0 Å². The van der Waals surface area contributed by atoms with Crippen LogP contribution in [0.25, 0.3) is 0 Å². The van der Waals surface area contributed by atoms with Gasteiger partial charge in [0.25, 0.3) is 0 Å². The monoisotopic (exact) mass is 228 g/mol. The van der Waals surface area contributed by atoms with Crippen LogP contribution in [0.5, 0.6) is 0 Å². The molecule has 0 aromatic carbocycles. The predicted molar refractivity (Wildman–Crippen MR) is 73.5 cm³/mol. The first-order valence-corrected chi connectivity index (χ1v) is 6.92. The summed E-state index contributed by atoms with van der Waals surface area (Å²) in [6, 6.07) is 0.849. The Morgan fingerprint density at radius 3 is 1.88 bits per heavy atom. The zero-order valence-electron chi connectivity index (χ0n) is 12.1. The van der Waals surface area contributed by atoms with Crippen molar-refractivity contribution < 1.29 is 0 Å². The first kappa shape index (κ1) is 15.9. The van der Waals surface area contributed by atoms with Gasteiger partial charge in [-0.1, -0.05) is 47.5 Å². The van der Waals surface area contributed by atoms with Gasteiger partial charge in [0.05, 0.1) is 0 Å². The Morgan fingerprint density at radius 2 is 1.44 bits per heavy atom. The van der Waals surface area contributed by atoms with Gasteiger partial charge in [-0.05, 0) is 24.7 Å². The highest BCUT2D eigenvalue weighted by Gasteiger charge is 2.19. The summed E-state index contributed by atoms with van der Waals surface area (Å²) >= 11 is 0. The zero-order chi connectivity index (χ0) is 12.7. The molecule has 0 aliphatic heterocycles. The van der Waals surface area contributed by atoms with E-state index in [2.05, 4.69) is 46.9 Å². The van der Waals surface area contributed by atoms with Crippen molar-refractivity contribution in [3.8, 4) is 0 Å². The zero-order valence-corrected chi connectivity index (χ0v) is 12.1. The van der Waals surface area contributed by atoms with Crippen LogP contribution in [-0.4, -0.2) is 18.6 Å². The fourth-order valence-corrected chi connectivity index (χ4v) is 1.86. The first-order valence-electron chi connectivity index (χ1n) is 6.92. The maximum absolute atomic E-state index is 6.22. The Balaban J connectivity index is 3.92. The molecule has 0 amide bonds. The molecule has 2 nitrogen and oxygen atoms in total. The van der Waals surface area contributed by atoms with E-state index in [1.807, 2.05) is 0 Å². The second-order valence-electron chi connectivity index (χ2n) is 5.49. The highest BCUT2D eigenvalue weighted by Crippen LogP contribution is 2.17. The number of rotatable bonds is 8. The summed E-state index contributed by atoms with van der Waals surface area (Å²) in [5.74, 6) is 2.04. The summed E-state index contributed by atoms with van der Waals surface area (Å²) in [4.78, 5) is 0. The lowest BCUT2D eigenvalue weighted by molar-refractivity contribution is 0.290. The van der Waals surface area contributed by atoms with Crippen molar-refractivity contribution in [1.82, 2.24) is 5.32 Å². The van der Waals surface area contributed by atoms with Crippen LogP contribution in [0, 0.1) is 17.8 Å². The van der Waals surface area contributed by atoms with E-state index in [1.165, 1.54) is 12.8 Å². The lowest BCUT2D eigenvalue weighted by Gasteiger charge is -2.28. The molecule has 0 fully saturated rings. The van der Waals surface area contributed by atoms with E-state index >= 15 is 0 Å². The standard InChI is InChI=1S/C14H32N2/c1-7-10(3)12(5)14(15)9-16-13(6)11(4)8-2/h10-14,16H,7-9,15H2,1-6H3.